The number of fused-ring (bicyclic) bond motifs is 1. The number of rotatable bonds is 5. The van der Waals surface area contributed by atoms with Gasteiger partial charge in [-0.15, -0.1) is 5.10 Å². The van der Waals surface area contributed by atoms with E-state index in [0.717, 1.165) is 4.68 Å². The molecule has 2 aromatic carbocycles. The Morgan fingerprint density at radius 2 is 1.78 bits per heavy atom. The van der Waals surface area contributed by atoms with E-state index in [1.165, 1.54) is 24.9 Å². The Kier molecular flexibility index (Phi) is 5.52. The van der Waals surface area contributed by atoms with Crippen LogP contribution in [0.15, 0.2) is 63.9 Å². The van der Waals surface area contributed by atoms with Gasteiger partial charge in [-0.2, -0.15) is 4.68 Å². The minimum Gasteiger partial charge on any atom is -0.497 e. The number of nitrogens with zero attached hydrogens (tertiary/aromatic N) is 3. The molecule has 0 N–H and O–H groups in total. The zero-order chi connectivity index (χ0) is 22.9. The Labute approximate surface area is 184 Å². The van der Waals surface area contributed by atoms with Gasteiger partial charge in [-0.05, 0) is 41.3 Å². The molecule has 164 valence electrons. The van der Waals surface area contributed by atoms with Crippen molar-refractivity contribution in [3.05, 3.63) is 82.0 Å². The molecule has 0 bridgehead atoms. The fourth-order valence-corrected chi connectivity index (χ4v) is 3.16. The molecule has 0 saturated carbocycles. The molecule has 0 spiro atoms. The maximum Gasteiger partial charge on any atom is 0.349 e. The second-order valence-corrected chi connectivity index (χ2v) is 8.37. The van der Waals surface area contributed by atoms with Crippen LogP contribution < -0.4 is 15.1 Å². The van der Waals surface area contributed by atoms with Gasteiger partial charge in [0, 0.05) is 11.5 Å². The second kappa shape index (κ2) is 8.30. The topological polar surface area (TPSA) is 96.5 Å². The van der Waals surface area contributed by atoms with E-state index < -0.39 is 11.5 Å². The first-order chi connectivity index (χ1) is 15.2. The lowest BCUT2D eigenvalue weighted by atomic mass is 9.87. The van der Waals surface area contributed by atoms with Crippen LogP contribution in [-0.2, 0) is 12.0 Å². The van der Waals surface area contributed by atoms with Gasteiger partial charge in [-0.3, -0.25) is 4.79 Å². The van der Waals surface area contributed by atoms with E-state index in [4.69, 9.17) is 13.9 Å². The second-order valence-electron chi connectivity index (χ2n) is 8.37. The lowest BCUT2D eigenvalue weighted by Gasteiger charge is -2.19. The van der Waals surface area contributed by atoms with Gasteiger partial charge in [0.15, 0.2) is 0 Å². The van der Waals surface area contributed by atoms with Gasteiger partial charge in [-0.1, -0.05) is 38.1 Å². The van der Waals surface area contributed by atoms with E-state index in [2.05, 4.69) is 31.1 Å². The Balaban J connectivity index is 1.49. The van der Waals surface area contributed by atoms with Crippen molar-refractivity contribution < 1.29 is 18.7 Å². The fourth-order valence-electron chi connectivity index (χ4n) is 3.16. The van der Waals surface area contributed by atoms with Crippen molar-refractivity contribution in [2.24, 2.45) is 0 Å². The SMILES string of the molecule is COc1ccc2cc(C(=O)n3cc(COc4ccc(C(C)(C)C)cc4)nn3)c(=O)oc2c1. The molecule has 0 atom stereocenters. The normalized spacial score (nSPS) is 11.5. The van der Waals surface area contributed by atoms with Crippen molar-refractivity contribution in [1.29, 1.82) is 0 Å². The minimum absolute atomic E-state index is 0.0587. The van der Waals surface area contributed by atoms with Gasteiger partial charge in [0.05, 0.1) is 13.3 Å². The Bertz CT molecular complexity index is 1330. The predicted molar refractivity (Wildman–Crippen MR) is 118 cm³/mol. The van der Waals surface area contributed by atoms with Gasteiger partial charge in [0.1, 0.15) is 34.9 Å². The average molecular weight is 433 g/mol. The summed E-state index contributed by atoms with van der Waals surface area (Å²) in [6.07, 6.45) is 1.43. The van der Waals surface area contributed by atoms with E-state index in [9.17, 15) is 9.59 Å². The van der Waals surface area contributed by atoms with Crippen LogP contribution in [0.25, 0.3) is 11.0 Å². The summed E-state index contributed by atoms with van der Waals surface area (Å²) in [5.74, 6) is 0.600. The Morgan fingerprint density at radius 1 is 1.06 bits per heavy atom. The monoisotopic (exact) mass is 433 g/mol. The van der Waals surface area contributed by atoms with E-state index in [0.29, 0.717) is 28.2 Å². The number of aromatic nitrogens is 3. The number of hydrogen-bond acceptors (Lipinski definition) is 7. The van der Waals surface area contributed by atoms with Gasteiger partial charge >= 0.3 is 5.63 Å². The Hall–Kier alpha value is -3.94. The molecule has 32 heavy (non-hydrogen) atoms. The lowest BCUT2D eigenvalue weighted by molar-refractivity contribution is 0.0939. The molecule has 4 rings (SSSR count). The van der Waals surface area contributed by atoms with Crippen LogP contribution in [0, 0.1) is 0 Å². The van der Waals surface area contributed by atoms with E-state index in [-0.39, 0.29) is 17.6 Å². The molecule has 0 amide bonds. The summed E-state index contributed by atoms with van der Waals surface area (Å²) >= 11 is 0. The zero-order valence-electron chi connectivity index (χ0n) is 18.3. The van der Waals surface area contributed by atoms with Crippen LogP contribution in [0.4, 0.5) is 0 Å². The molecule has 0 aliphatic rings. The summed E-state index contributed by atoms with van der Waals surface area (Å²) in [4.78, 5) is 25.1. The standard InChI is InChI=1S/C24H23N3O5/c1-24(2,3)16-6-9-18(10-7-16)31-14-17-13-27(26-25-17)22(28)20-11-15-5-8-19(30-4)12-21(15)32-23(20)29/h5-13H,14H2,1-4H3. The summed E-state index contributed by atoms with van der Waals surface area (Å²) < 4.78 is 17.2. The fraction of sp³-hybridized carbons (Fsp3) is 0.250. The van der Waals surface area contributed by atoms with Crippen molar-refractivity contribution in [3.63, 3.8) is 0 Å². The third-order valence-electron chi connectivity index (χ3n) is 5.03. The maximum absolute atomic E-state index is 12.8. The number of carbonyl (C=O) groups is 1. The van der Waals surface area contributed by atoms with Gasteiger partial charge in [0.25, 0.3) is 5.91 Å². The summed E-state index contributed by atoms with van der Waals surface area (Å²) in [5.41, 5.74) is 1.14. The van der Waals surface area contributed by atoms with E-state index in [1.54, 1.807) is 18.2 Å². The molecule has 0 aliphatic heterocycles. The van der Waals surface area contributed by atoms with Crippen molar-refractivity contribution in [2.45, 2.75) is 32.8 Å². The molecule has 0 fully saturated rings. The molecule has 8 heteroatoms. The van der Waals surface area contributed by atoms with Crippen molar-refractivity contribution >= 4 is 16.9 Å². The quantitative estimate of drug-likeness (QED) is 0.440. The first-order valence-corrected chi connectivity index (χ1v) is 10.1. The highest BCUT2D eigenvalue weighted by molar-refractivity contribution is 5.97. The van der Waals surface area contributed by atoms with Crippen LogP contribution in [0.5, 0.6) is 11.5 Å². The third kappa shape index (κ3) is 4.39. The summed E-state index contributed by atoms with van der Waals surface area (Å²) in [7, 11) is 1.52. The summed E-state index contributed by atoms with van der Waals surface area (Å²) in [6, 6.07) is 14.3. The van der Waals surface area contributed by atoms with Gasteiger partial charge in [-0.25, -0.2) is 4.79 Å². The molecule has 4 aromatic rings. The smallest absolute Gasteiger partial charge is 0.349 e. The maximum atomic E-state index is 12.8. The first-order valence-electron chi connectivity index (χ1n) is 10.1. The molecule has 0 unspecified atom stereocenters. The number of ether oxygens (including phenoxy) is 2. The van der Waals surface area contributed by atoms with Crippen molar-refractivity contribution in [2.75, 3.05) is 7.11 Å². The van der Waals surface area contributed by atoms with Gasteiger partial charge < -0.3 is 13.9 Å². The number of benzene rings is 2. The number of methoxy groups -OCH3 is 1. The van der Waals surface area contributed by atoms with Crippen LogP contribution >= 0.6 is 0 Å². The molecule has 2 heterocycles. The molecule has 2 aromatic heterocycles. The van der Waals surface area contributed by atoms with Crippen LogP contribution in [-0.4, -0.2) is 28.0 Å². The highest BCUT2D eigenvalue weighted by Crippen LogP contribution is 2.24. The van der Waals surface area contributed by atoms with Crippen LogP contribution in [0.3, 0.4) is 0 Å². The zero-order valence-corrected chi connectivity index (χ0v) is 18.3. The molecular weight excluding hydrogens is 410 g/mol. The lowest BCUT2D eigenvalue weighted by Crippen LogP contribution is -2.21. The molecule has 0 aliphatic carbocycles. The average Bonchev–Trinajstić information content (AvgIpc) is 3.25. The molecule has 8 nitrogen and oxygen atoms in total. The van der Waals surface area contributed by atoms with Crippen LogP contribution in [0.1, 0.15) is 42.4 Å². The predicted octanol–water partition coefficient (Wildman–Crippen LogP) is 3.96. The largest absolute Gasteiger partial charge is 0.497 e. The highest BCUT2D eigenvalue weighted by atomic mass is 16.5. The summed E-state index contributed by atoms with van der Waals surface area (Å²) in [5, 5.41) is 8.40. The molecular formula is C24H23N3O5. The molecule has 0 saturated heterocycles. The third-order valence-corrected chi connectivity index (χ3v) is 5.03. The highest BCUT2D eigenvalue weighted by Gasteiger charge is 2.18. The van der Waals surface area contributed by atoms with E-state index in [1.807, 2.05) is 24.3 Å². The van der Waals surface area contributed by atoms with Crippen LogP contribution in [0.2, 0.25) is 0 Å². The first kappa shape index (κ1) is 21.3. The number of hydrogen-bond donors (Lipinski definition) is 0. The number of carbonyl (C=O) groups excluding carboxylic acids is 1. The van der Waals surface area contributed by atoms with Crippen molar-refractivity contribution in [1.82, 2.24) is 15.0 Å². The van der Waals surface area contributed by atoms with Crippen molar-refractivity contribution in [3.8, 4) is 11.5 Å². The summed E-state index contributed by atoms with van der Waals surface area (Å²) in [6.45, 7) is 6.57. The van der Waals surface area contributed by atoms with Gasteiger partial charge in [0.2, 0.25) is 0 Å². The Morgan fingerprint density at radius 3 is 2.47 bits per heavy atom. The molecule has 0 radical (unpaired) electrons. The minimum atomic E-state index is -0.761. The van der Waals surface area contributed by atoms with E-state index >= 15 is 0 Å².